The van der Waals surface area contributed by atoms with E-state index in [2.05, 4.69) is 10.4 Å². The Labute approximate surface area is 120 Å². The predicted octanol–water partition coefficient (Wildman–Crippen LogP) is 3.20. The van der Waals surface area contributed by atoms with Gasteiger partial charge in [0.25, 0.3) is 0 Å². The van der Waals surface area contributed by atoms with Gasteiger partial charge in [0.05, 0.1) is 22.6 Å². The number of nitrogens with one attached hydrogen (secondary N) is 1. The van der Waals surface area contributed by atoms with Crippen molar-refractivity contribution in [1.82, 2.24) is 9.78 Å². The molecule has 4 nitrogen and oxygen atoms in total. The number of nitrogens with two attached hydrogens (primary N) is 1. The number of aryl methyl sites for hydroxylation is 2. The zero-order valence-corrected chi connectivity index (χ0v) is 11.8. The molecule has 2 rings (SSSR count). The van der Waals surface area contributed by atoms with Crippen molar-refractivity contribution in [2.24, 2.45) is 7.05 Å². The lowest BCUT2D eigenvalue weighted by molar-refractivity contribution is -0.137. The number of nitrogen functional groups attached to an aromatic ring is 1. The zero-order valence-electron chi connectivity index (χ0n) is 11.8. The monoisotopic (exact) mass is 298 g/mol. The van der Waals surface area contributed by atoms with Gasteiger partial charge < -0.3 is 11.1 Å². The maximum Gasteiger partial charge on any atom is 0.416 e. The van der Waals surface area contributed by atoms with E-state index in [9.17, 15) is 13.2 Å². The topological polar surface area (TPSA) is 55.9 Å². The minimum atomic E-state index is -4.38. The molecule has 0 unspecified atom stereocenters. The number of hydrogen-bond acceptors (Lipinski definition) is 3. The Morgan fingerprint density at radius 3 is 2.62 bits per heavy atom. The maximum absolute atomic E-state index is 12.6. The van der Waals surface area contributed by atoms with Crippen LogP contribution in [0, 0.1) is 0 Å². The summed E-state index contributed by atoms with van der Waals surface area (Å²) in [6.45, 7) is 2.46. The minimum Gasteiger partial charge on any atom is -0.397 e. The summed E-state index contributed by atoms with van der Waals surface area (Å²) in [4.78, 5) is 0. The van der Waals surface area contributed by atoms with Gasteiger partial charge in [-0.3, -0.25) is 4.68 Å². The highest BCUT2D eigenvalue weighted by Gasteiger charge is 2.30. The van der Waals surface area contributed by atoms with Gasteiger partial charge in [0, 0.05) is 25.4 Å². The fraction of sp³-hybridized carbons (Fsp3) is 0.357. The smallest absolute Gasteiger partial charge is 0.397 e. The number of halogens is 3. The first-order chi connectivity index (χ1) is 9.81. The molecule has 0 aliphatic carbocycles. The number of alkyl halides is 3. The highest BCUT2D eigenvalue weighted by Crippen LogP contribution is 2.32. The van der Waals surface area contributed by atoms with Crippen molar-refractivity contribution < 1.29 is 13.2 Å². The average Bonchev–Trinajstić information content (AvgIpc) is 2.76. The van der Waals surface area contributed by atoms with E-state index in [0.717, 1.165) is 29.8 Å². The molecule has 114 valence electrons. The number of hydrogen-bond donors (Lipinski definition) is 2. The van der Waals surface area contributed by atoms with Gasteiger partial charge in [-0.15, -0.1) is 0 Å². The Morgan fingerprint density at radius 1 is 1.33 bits per heavy atom. The highest BCUT2D eigenvalue weighted by molar-refractivity contribution is 5.67. The second-order valence-electron chi connectivity index (χ2n) is 4.78. The van der Waals surface area contributed by atoms with Crippen molar-refractivity contribution in [3.8, 4) is 0 Å². The highest BCUT2D eigenvalue weighted by atomic mass is 19.4. The van der Waals surface area contributed by atoms with Crippen LogP contribution in [-0.2, 0) is 26.2 Å². The standard InChI is InChI=1S/C14H17F3N4/c1-3-12-9(8-21(2)20-12)7-19-13-5-4-10(6-11(13)18)14(15,16)17/h4-6,8,19H,3,7,18H2,1-2H3. The zero-order chi connectivity index (χ0) is 15.6. The Kier molecular flexibility index (Phi) is 4.11. The predicted molar refractivity (Wildman–Crippen MR) is 75.8 cm³/mol. The SMILES string of the molecule is CCc1nn(C)cc1CNc1ccc(C(F)(F)F)cc1N. The third-order valence-corrected chi connectivity index (χ3v) is 3.17. The fourth-order valence-electron chi connectivity index (χ4n) is 2.12. The summed E-state index contributed by atoms with van der Waals surface area (Å²) in [6, 6.07) is 3.30. The molecule has 21 heavy (non-hydrogen) atoms. The van der Waals surface area contributed by atoms with Gasteiger partial charge >= 0.3 is 6.18 Å². The van der Waals surface area contributed by atoms with Gasteiger partial charge in [0.2, 0.25) is 0 Å². The van der Waals surface area contributed by atoms with E-state index in [4.69, 9.17) is 5.73 Å². The van der Waals surface area contributed by atoms with Crippen molar-refractivity contribution in [3.05, 3.63) is 41.2 Å². The summed E-state index contributed by atoms with van der Waals surface area (Å²) >= 11 is 0. The van der Waals surface area contributed by atoms with Crippen molar-refractivity contribution in [2.75, 3.05) is 11.1 Å². The van der Waals surface area contributed by atoms with Gasteiger partial charge in [-0.05, 0) is 24.6 Å². The molecule has 0 spiro atoms. The normalized spacial score (nSPS) is 11.7. The molecule has 0 amide bonds. The van der Waals surface area contributed by atoms with Gasteiger partial charge in [0.15, 0.2) is 0 Å². The van der Waals surface area contributed by atoms with E-state index in [-0.39, 0.29) is 5.69 Å². The molecule has 7 heteroatoms. The molecule has 1 heterocycles. The van der Waals surface area contributed by atoms with Crippen molar-refractivity contribution in [1.29, 1.82) is 0 Å². The molecular weight excluding hydrogens is 281 g/mol. The summed E-state index contributed by atoms with van der Waals surface area (Å²) in [5.41, 5.74) is 7.44. The summed E-state index contributed by atoms with van der Waals surface area (Å²) in [5, 5.41) is 7.36. The average molecular weight is 298 g/mol. The first kappa shape index (κ1) is 15.2. The first-order valence-electron chi connectivity index (χ1n) is 6.53. The summed E-state index contributed by atoms with van der Waals surface area (Å²) < 4.78 is 39.4. The number of anilines is 2. The van der Waals surface area contributed by atoms with E-state index in [1.807, 2.05) is 20.2 Å². The minimum absolute atomic E-state index is 0.0757. The number of nitrogens with zero attached hydrogens (tertiary/aromatic N) is 2. The molecule has 0 aliphatic heterocycles. The van der Waals surface area contributed by atoms with Crippen LogP contribution in [0.2, 0.25) is 0 Å². The van der Waals surface area contributed by atoms with Crippen LogP contribution in [0.1, 0.15) is 23.7 Å². The summed E-state index contributed by atoms with van der Waals surface area (Å²) in [5.74, 6) is 0. The second-order valence-corrected chi connectivity index (χ2v) is 4.78. The molecule has 0 radical (unpaired) electrons. The van der Waals surface area contributed by atoms with E-state index in [1.54, 1.807) is 4.68 Å². The molecule has 0 saturated heterocycles. The largest absolute Gasteiger partial charge is 0.416 e. The van der Waals surface area contributed by atoms with Gasteiger partial charge in [0.1, 0.15) is 0 Å². The maximum atomic E-state index is 12.6. The molecule has 2 aromatic rings. The molecule has 0 bridgehead atoms. The van der Waals surface area contributed by atoms with Crippen LogP contribution >= 0.6 is 0 Å². The van der Waals surface area contributed by atoms with Crippen LogP contribution in [0.25, 0.3) is 0 Å². The van der Waals surface area contributed by atoms with Gasteiger partial charge in [-0.25, -0.2) is 0 Å². The van der Waals surface area contributed by atoms with Crippen LogP contribution in [0.4, 0.5) is 24.5 Å². The number of rotatable bonds is 4. The van der Waals surface area contributed by atoms with Crippen LogP contribution in [0.3, 0.4) is 0 Å². The molecule has 0 aliphatic rings. The van der Waals surface area contributed by atoms with Crippen LogP contribution in [-0.4, -0.2) is 9.78 Å². The molecule has 0 fully saturated rings. The van der Waals surface area contributed by atoms with E-state index in [1.165, 1.54) is 6.07 Å². The quantitative estimate of drug-likeness (QED) is 0.852. The van der Waals surface area contributed by atoms with E-state index in [0.29, 0.717) is 12.2 Å². The first-order valence-corrected chi connectivity index (χ1v) is 6.53. The van der Waals surface area contributed by atoms with Crippen LogP contribution in [0.15, 0.2) is 24.4 Å². The summed E-state index contributed by atoms with van der Waals surface area (Å²) in [7, 11) is 1.83. The van der Waals surface area contributed by atoms with Crippen LogP contribution < -0.4 is 11.1 Å². The Balaban J connectivity index is 2.13. The number of aromatic nitrogens is 2. The Bertz CT molecular complexity index is 632. The van der Waals surface area contributed by atoms with Crippen molar-refractivity contribution in [3.63, 3.8) is 0 Å². The van der Waals surface area contributed by atoms with Gasteiger partial charge in [-0.2, -0.15) is 18.3 Å². The molecule has 0 atom stereocenters. The van der Waals surface area contributed by atoms with Crippen LogP contribution in [0.5, 0.6) is 0 Å². The fourth-order valence-corrected chi connectivity index (χ4v) is 2.12. The molecule has 1 aromatic carbocycles. The van der Waals surface area contributed by atoms with Gasteiger partial charge in [-0.1, -0.05) is 6.92 Å². The molecular formula is C14H17F3N4. The lowest BCUT2D eigenvalue weighted by atomic mass is 10.1. The van der Waals surface area contributed by atoms with E-state index < -0.39 is 11.7 Å². The Morgan fingerprint density at radius 2 is 2.05 bits per heavy atom. The Hall–Kier alpha value is -2.18. The summed E-state index contributed by atoms with van der Waals surface area (Å²) in [6.07, 6.45) is -1.71. The third-order valence-electron chi connectivity index (χ3n) is 3.17. The number of benzene rings is 1. The molecule has 0 saturated carbocycles. The van der Waals surface area contributed by atoms with Crippen molar-refractivity contribution in [2.45, 2.75) is 26.1 Å². The molecule has 3 N–H and O–H groups in total. The van der Waals surface area contributed by atoms with Crippen molar-refractivity contribution >= 4 is 11.4 Å². The van der Waals surface area contributed by atoms with E-state index >= 15 is 0 Å². The lowest BCUT2D eigenvalue weighted by Crippen LogP contribution is -2.08. The third kappa shape index (κ3) is 3.48. The lowest BCUT2D eigenvalue weighted by Gasteiger charge is -2.12. The second kappa shape index (κ2) is 5.67. The molecule has 1 aromatic heterocycles.